The summed E-state index contributed by atoms with van der Waals surface area (Å²) in [5.74, 6) is -0.865. The first kappa shape index (κ1) is 17.2. The number of phenols is 1. The third-order valence-corrected chi connectivity index (χ3v) is 5.19. The van der Waals surface area contributed by atoms with Gasteiger partial charge >= 0.3 is 5.97 Å². The third-order valence-electron chi connectivity index (χ3n) is 5.19. The van der Waals surface area contributed by atoms with Crippen LogP contribution >= 0.6 is 0 Å². The minimum atomic E-state index is -0.935. The molecule has 4 rings (SSSR count). The Labute approximate surface area is 155 Å². The highest BCUT2D eigenvalue weighted by atomic mass is 16.7. The number of carbonyl (C=O) groups excluding carboxylic acids is 1. The topological polar surface area (TPSA) is 96.3 Å². The van der Waals surface area contributed by atoms with E-state index in [0.29, 0.717) is 29.2 Å². The highest BCUT2D eigenvalue weighted by Gasteiger charge is 2.41. The van der Waals surface area contributed by atoms with Crippen LogP contribution in [0.2, 0.25) is 0 Å². The van der Waals surface area contributed by atoms with Gasteiger partial charge < -0.3 is 24.6 Å². The van der Waals surface area contributed by atoms with E-state index in [1.165, 1.54) is 6.07 Å². The van der Waals surface area contributed by atoms with Gasteiger partial charge in [0.05, 0.1) is 5.92 Å². The van der Waals surface area contributed by atoms with Crippen LogP contribution < -0.4 is 9.47 Å². The summed E-state index contributed by atoms with van der Waals surface area (Å²) in [7, 11) is 0. The van der Waals surface area contributed by atoms with Crippen molar-refractivity contribution in [1.29, 1.82) is 0 Å². The van der Waals surface area contributed by atoms with Gasteiger partial charge in [0.25, 0.3) is 5.91 Å². The number of phenolic OH excluding ortho intramolecular Hbond substituents is 1. The number of amides is 1. The summed E-state index contributed by atoms with van der Waals surface area (Å²) in [5.41, 5.74) is 1.84. The molecule has 2 aliphatic rings. The van der Waals surface area contributed by atoms with E-state index in [4.69, 9.17) is 9.47 Å². The molecule has 1 saturated heterocycles. The molecule has 2 atom stereocenters. The molecule has 0 unspecified atom stereocenters. The molecule has 0 aliphatic carbocycles. The van der Waals surface area contributed by atoms with Gasteiger partial charge in [-0.2, -0.15) is 0 Å². The minimum absolute atomic E-state index is 0.120. The zero-order valence-corrected chi connectivity index (χ0v) is 14.7. The van der Waals surface area contributed by atoms with Gasteiger partial charge in [0.1, 0.15) is 5.75 Å². The number of rotatable bonds is 3. The normalized spacial score (nSPS) is 20.7. The largest absolute Gasteiger partial charge is 0.508 e. The number of carbonyl (C=O) groups is 2. The molecule has 2 aromatic carbocycles. The molecule has 7 nitrogen and oxygen atoms in total. The Morgan fingerprint density at radius 2 is 1.85 bits per heavy atom. The van der Waals surface area contributed by atoms with Crippen LogP contribution in [0.5, 0.6) is 17.2 Å². The molecule has 140 valence electrons. The van der Waals surface area contributed by atoms with Crippen molar-refractivity contribution in [3.63, 3.8) is 0 Å². The lowest BCUT2D eigenvalue weighted by molar-refractivity contribution is -0.141. The Morgan fingerprint density at radius 1 is 1.07 bits per heavy atom. The second-order valence-electron chi connectivity index (χ2n) is 6.88. The summed E-state index contributed by atoms with van der Waals surface area (Å²) in [5, 5.41) is 19.3. The summed E-state index contributed by atoms with van der Waals surface area (Å²) >= 11 is 0. The van der Waals surface area contributed by atoms with Gasteiger partial charge in [0.15, 0.2) is 11.5 Å². The molecule has 0 aromatic heterocycles. The van der Waals surface area contributed by atoms with Crippen molar-refractivity contribution in [2.75, 3.05) is 19.9 Å². The number of hydrogen-bond acceptors (Lipinski definition) is 5. The van der Waals surface area contributed by atoms with Crippen LogP contribution in [0.3, 0.4) is 0 Å². The van der Waals surface area contributed by atoms with Crippen molar-refractivity contribution in [2.45, 2.75) is 12.8 Å². The van der Waals surface area contributed by atoms with Gasteiger partial charge in [-0.25, -0.2) is 0 Å². The standard InChI is InChI=1S/C20H19NO6/c1-11-6-13(2-4-16(11)22)19(23)21-8-14(15(9-21)20(24)25)12-3-5-17-18(7-12)27-10-26-17/h2-7,14-15,22H,8-10H2,1H3,(H,24,25)/t14-,15+/m0/s1. The van der Waals surface area contributed by atoms with Crippen LogP contribution in [-0.2, 0) is 4.79 Å². The Bertz CT molecular complexity index is 925. The quantitative estimate of drug-likeness (QED) is 0.862. The van der Waals surface area contributed by atoms with Crippen LogP contribution in [0.4, 0.5) is 0 Å². The molecule has 0 radical (unpaired) electrons. The number of carboxylic acid groups (broad SMARTS) is 1. The summed E-state index contributed by atoms with van der Waals surface area (Å²) in [6, 6.07) is 10.0. The van der Waals surface area contributed by atoms with Gasteiger partial charge in [-0.1, -0.05) is 6.07 Å². The van der Waals surface area contributed by atoms with E-state index in [1.807, 2.05) is 6.07 Å². The Balaban J connectivity index is 1.61. The number of aliphatic carboxylic acids is 1. The lowest BCUT2D eigenvalue weighted by Crippen LogP contribution is -2.29. The summed E-state index contributed by atoms with van der Waals surface area (Å²) in [6.07, 6.45) is 0. The summed E-state index contributed by atoms with van der Waals surface area (Å²) < 4.78 is 10.7. The average molecular weight is 369 g/mol. The molecule has 2 heterocycles. The predicted molar refractivity (Wildman–Crippen MR) is 95.2 cm³/mol. The van der Waals surface area contributed by atoms with Gasteiger partial charge in [0.2, 0.25) is 6.79 Å². The fourth-order valence-corrected chi connectivity index (χ4v) is 3.67. The maximum atomic E-state index is 12.8. The fourth-order valence-electron chi connectivity index (χ4n) is 3.67. The highest BCUT2D eigenvalue weighted by Crippen LogP contribution is 2.39. The fraction of sp³-hybridized carbons (Fsp3) is 0.300. The van der Waals surface area contributed by atoms with Crippen LogP contribution in [-0.4, -0.2) is 46.9 Å². The molecule has 2 aliphatic heterocycles. The van der Waals surface area contributed by atoms with Crippen molar-refractivity contribution in [3.8, 4) is 17.2 Å². The average Bonchev–Trinajstić information content (AvgIpc) is 3.29. The second-order valence-corrected chi connectivity index (χ2v) is 6.88. The molecule has 0 spiro atoms. The number of nitrogens with zero attached hydrogens (tertiary/aromatic N) is 1. The predicted octanol–water partition coefficient (Wildman–Crippen LogP) is 2.37. The van der Waals surface area contributed by atoms with E-state index in [1.54, 1.807) is 36.1 Å². The number of likely N-dealkylation sites (tertiary alicyclic amines) is 1. The Kier molecular flexibility index (Phi) is 4.14. The molecule has 27 heavy (non-hydrogen) atoms. The van der Waals surface area contributed by atoms with E-state index in [0.717, 1.165) is 5.56 Å². The van der Waals surface area contributed by atoms with Gasteiger partial charge in [-0.05, 0) is 48.4 Å². The zero-order chi connectivity index (χ0) is 19.1. The molecule has 2 N–H and O–H groups in total. The smallest absolute Gasteiger partial charge is 0.308 e. The first-order valence-electron chi connectivity index (χ1n) is 8.65. The van der Waals surface area contributed by atoms with Gasteiger partial charge in [-0.3, -0.25) is 9.59 Å². The molecule has 1 amide bonds. The SMILES string of the molecule is Cc1cc(C(=O)N2C[C@@H](C(=O)O)[C@H](c3ccc4c(c3)OCO4)C2)ccc1O. The molecule has 1 fully saturated rings. The molecule has 0 saturated carbocycles. The van der Waals surface area contributed by atoms with Crippen LogP contribution in [0.15, 0.2) is 36.4 Å². The van der Waals surface area contributed by atoms with E-state index in [2.05, 4.69) is 0 Å². The lowest BCUT2D eigenvalue weighted by Gasteiger charge is -2.17. The van der Waals surface area contributed by atoms with E-state index in [9.17, 15) is 19.8 Å². The van der Waals surface area contributed by atoms with E-state index >= 15 is 0 Å². The number of aryl methyl sites for hydroxylation is 1. The molecule has 0 bridgehead atoms. The van der Waals surface area contributed by atoms with Crippen LogP contribution in [0, 0.1) is 12.8 Å². The molecular formula is C20H19NO6. The highest BCUT2D eigenvalue weighted by molar-refractivity contribution is 5.95. The number of hydrogen-bond donors (Lipinski definition) is 2. The minimum Gasteiger partial charge on any atom is -0.508 e. The third kappa shape index (κ3) is 3.05. The van der Waals surface area contributed by atoms with Gasteiger partial charge in [-0.15, -0.1) is 0 Å². The second kappa shape index (κ2) is 6.50. The van der Waals surface area contributed by atoms with E-state index in [-0.39, 0.29) is 30.9 Å². The van der Waals surface area contributed by atoms with Crippen molar-refractivity contribution in [2.24, 2.45) is 5.92 Å². The van der Waals surface area contributed by atoms with Crippen LogP contribution in [0.25, 0.3) is 0 Å². The molecule has 7 heteroatoms. The van der Waals surface area contributed by atoms with Gasteiger partial charge in [0, 0.05) is 24.6 Å². The molecule has 2 aromatic rings. The summed E-state index contributed by atoms with van der Waals surface area (Å²) in [6.45, 7) is 2.30. The van der Waals surface area contributed by atoms with E-state index < -0.39 is 11.9 Å². The van der Waals surface area contributed by atoms with Crippen molar-refractivity contribution < 1.29 is 29.3 Å². The number of fused-ring (bicyclic) bond motifs is 1. The maximum Gasteiger partial charge on any atom is 0.308 e. The number of carboxylic acids is 1. The first-order chi connectivity index (χ1) is 12.9. The van der Waals surface area contributed by atoms with Crippen LogP contribution in [0.1, 0.15) is 27.4 Å². The number of ether oxygens (including phenoxy) is 2. The first-order valence-corrected chi connectivity index (χ1v) is 8.65. The van der Waals surface area contributed by atoms with Crippen molar-refractivity contribution in [3.05, 3.63) is 53.1 Å². The summed E-state index contributed by atoms with van der Waals surface area (Å²) in [4.78, 5) is 26.2. The Hall–Kier alpha value is -3.22. The Morgan fingerprint density at radius 3 is 2.59 bits per heavy atom. The lowest BCUT2D eigenvalue weighted by atomic mass is 9.89. The van der Waals surface area contributed by atoms with Crippen molar-refractivity contribution >= 4 is 11.9 Å². The number of benzene rings is 2. The number of aromatic hydroxyl groups is 1. The monoisotopic (exact) mass is 369 g/mol. The van der Waals surface area contributed by atoms with Crippen molar-refractivity contribution in [1.82, 2.24) is 4.90 Å². The maximum absolute atomic E-state index is 12.8. The molecular weight excluding hydrogens is 350 g/mol. The zero-order valence-electron chi connectivity index (χ0n) is 14.7.